The number of quaternary nitrogens is 1. The Balaban J connectivity index is 2.02. The van der Waals surface area contributed by atoms with E-state index in [9.17, 15) is 9.59 Å². The summed E-state index contributed by atoms with van der Waals surface area (Å²) in [6.07, 6.45) is 2.33. The second-order valence-electron chi connectivity index (χ2n) is 6.30. The molecule has 3 N–H and O–H groups in total. The van der Waals surface area contributed by atoms with Crippen LogP contribution in [-0.4, -0.2) is 38.2 Å². The highest BCUT2D eigenvalue weighted by Gasteiger charge is 2.36. The fraction of sp³-hybridized carbons (Fsp3) is 0.444. The van der Waals surface area contributed by atoms with Gasteiger partial charge in [-0.1, -0.05) is 29.8 Å². The number of urea groups is 1. The fourth-order valence-electron chi connectivity index (χ4n) is 3.45. The predicted molar refractivity (Wildman–Crippen MR) is 94.3 cm³/mol. The van der Waals surface area contributed by atoms with Gasteiger partial charge in [-0.15, -0.1) is 0 Å². The normalized spacial score (nSPS) is 21.0. The van der Waals surface area contributed by atoms with Crippen molar-refractivity contribution in [1.29, 1.82) is 0 Å². The summed E-state index contributed by atoms with van der Waals surface area (Å²) in [5, 5.41) is 6.14. The second-order valence-corrected chi connectivity index (χ2v) is 6.71. The maximum Gasteiger partial charge on any atom is 0.338 e. The van der Waals surface area contributed by atoms with Gasteiger partial charge in [-0.3, -0.25) is 0 Å². The molecule has 0 radical (unpaired) electrons. The Labute approximate surface area is 152 Å². The van der Waals surface area contributed by atoms with Crippen molar-refractivity contribution in [3.63, 3.8) is 0 Å². The van der Waals surface area contributed by atoms with Crippen molar-refractivity contribution in [1.82, 2.24) is 10.6 Å². The lowest BCUT2D eigenvalue weighted by atomic mass is 9.95. The lowest BCUT2D eigenvalue weighted by Crippen LogP contribution is -3.10. The first kappa shape index (κ1) is 17.8. The van der Waals surface area contributed by atoms with E-state index < -0.39 is 12.0 Å². The number of halogens is 1. The number of ether oxygens (including phenoxy) is 1. The highest BCUT2D eigenvalue weighted by atomic mass is 35.5. The lowest BCUT2D eigenvalue weighted by molar-refractivity contribution is -0.882. The minimum atomic E-state index is -0.612. The van der Waals surface area contributed by atoms with Gasteiger partial charge in [-0.2, -0.15) is 0 Å². The van der Waals surface area contributed by atoms with Crippen molar-refractivity contribution >= 4 is 23.6 Å². The van der Waals surface area contributed by atoms with Crippen LogP contribution in [-0.2, 0) is 9.53 Å². The number of hydrogen-bond acceptors (Lipinski definition) is 3. The van der Waals surface area contributed by atoms with E-state index in [-0.39, 0.29) is 12.6 Å². The Kier molecular flexibility index (Phi) is 5.60. The van der Waals surface area contributed by atoms with E-state index >= 15 is 0 Å². The van der Waals surface area contributed by atoms with E-state index in [2.05, 4.69) is 10.6 Å². The van der Waals surface area contributed by atoms with Gasteiger partial charge in [0, 0.05) is 17.9 Å². The summed E-state index contributed by atoms with van der Waals surface area (Å²) in [6.45, 7) is 4.72. The third kappa shape index (κ3) is 3.96. The van der Waals surface area contributed by atoms with Gasteiger partial charge >= 0.3 is 12.0 Å². The van der Waals surface area contributed by atoms with E-state index in [1.807, 2.05) is 18.2 Å². The smallest absolute Gasteiger partial charge is 0.338 e. The molecule has 3 rings (SSSR count). The van der Waals surface area contributed by atoms with Gasteiger partial charge in [0.1, 0.15) is 6.54 Å². The zero-order valence-electron chi connectivity index (χ0n) is 14.2. The molecule has 0 aromatic heterocycles. The number of nitrogens with one attached hydrogen (secondary N) is 3. The molecule has 0 aliphatic carbocycles. The van der Waals surface area contributed by atoms with Crippen LogP contribution in [0.5, 0.6) is 0 Å². The summed E-state index contributed by atoms with van der Waals surface area (Å²) >= 11 is 6.32. The number of carbonyl (C=O) groups excluding carboxylic acids is 2. The molecule has 2 heterocycles. The lowest BCUT2D eigenvalue weighted by Gasteiger charge is -2.30. The van der Waals surface area contributed by atoms with Crippen LogP contribution in [0, 0.1) is 0 Å². The Morgan fingerprint density at radius 3 is 2.72 bits per heavy atom. The SMILES string of the molecule is CCOC(=O)C1=C(C[NH+]2CCCC2)NC(=O)N[C@H]1c1ccccc1Cl. The number of hydrogen-bond donors (Lipinski definition) is 3. The number of carbonyl (C=O) groups is 2. The van der Waals surface area contributed by atoms with Crippen LogP contribution in [0.4, 0.5) is 4.79 Å². The molecular weight excluding hydrogens is 342 g/mol. The van der Waals surface area contributed by atoms with Crippen LogP contribution >= 0.6 is 11.6 Å². The highest BCUT2D eigenvalue weighted by molar-refractivity contribution is 6.31. The van der Waals surface area contributed by atoms with Gasteiger partial charge in [0.05, 0.1) is 37.0 Å². The monoisotopic (exact) mass is 364 g/mol. The summed E-state index contributed by atoms with van der Waals surface area (Å²) in [5.74, 6) is -0.423. The topological polar surface area (TPSA) is 71.9 Å². The number of esters is 1. The van der Waals surface area contributed by atoms with Crippen LogP contribution in [0.25, 0.3) is 0 Å². The van der Waals surface area contributed by atoms with Crippen molar-refractivity contribution in [2.45, 2.75) is 25.8 Å². The molecule has 0 bridgehead atoms. The first-order chi connectivity index (χ1) is 12.1. The molecule has 134 valence electrons. The van der Waals surface area contributed by atoms with Crippen LogP contribution in [0.15, 0.2) is 35.5 Å². The molecule has 1 aromatic carbocycles. The van der Waals surface area contributed by atoms with Crippen molar-refractivity contribution in [3.05, 3.63) is 46.1 Å². The van der Waals surface area contributed by atoms with E-state index in [0.29, 0.717) is 28.4 Å². The number of likely N-dealkylation sites (tertiary alicyclic amines) is 1. The summed E-state index contributed by atoms with van der Waals surface area (Å²) in [6, 6.07) is 6.28. The number of amides is 2. The van der Waals surface area contributed by atoms with Crippen LogP contribution in [0.2, 0.25) is 5.02 Å². The molecule has 1 atom stereocenters. The van der Waals surface area contributed by atoms with Gasteiger partial charge in [-0.05, 0) is 18.6 Å². The zero-order chi connectivity index (χ0) is 17.8. The Morgan fingerprint density at radius 1 is 1.32 bits per heavy atom. The van der Waals surface area contributed by atoms with E-state index in [0.717, 1.165) is 25.9 Å². The maximum absolute atomic E-state index is 12.7. The molecule has 7 heteroatoms. The Hall–Kier alpha value is -2.05. The summed E-state index contributed by atoms with van der Waals surface area (Å²) < 4.78 is 5.26. The minimum absolute atomic E-state index is 0.273. The third-order valence-corrected chi connectivity index (χ3v) is 4.95. The van der Waals surface area contributed by atoms with Gasteiger partial charge in [0.25, 0.3) is 0 Å². The van der Waals surface area contributed by atoms with Crippen molar-refractivity contribution in [2.24, 2.45) is 0 Å². The van der Waals surface area contributed by atoms with Crippen molar-refractivity contribution in [3.8, 4) is 0 Å². The minimum Gasteiger partial charge on any atom is -0.463 e. The Bertz CT molecular complexity index is 699. The molecule has 0 unspecified atom stereocenters. The van der Waals surface area contributed by atoms with Crippen LogP contribution < -0.4 is 15.5 Å². The second kappa shape index (κ2) is 7.89. The first-order valence-electron chi connectivity index (χ1n) is 8.65. The average molecular weight is 365 g/mol. The number of rotatable bonds is 5. The summed E-state index contributed by atoms with van der Waals surface area (Å²) in [4.78, 5) is 26.2. The fourth-order valence-corrected chi connectivity index (χ4v) is 3.70. The standard InChI is InChI=1S/C18H22ClN3O3/c1-2-25-17(23)15-14(11-22-9-5-6-10-22)20-18(24)21-16(15)12-7-3-4-8-13(12)19/h3-4,7-8,16H,2,5-6,9-11H2,1H3,(H2,20,21,24)/p+1/t16-/m0/s1. The first-order valence-corrected chi connectivity index (χ1v) is 9.03. The molecule has 25 heavy (non-hydrogen) atoms. The van der Waals surface area contributed by atoms with Gasteiger partial charge in [0.2, 0.25) is 0 Å². The van der Waals surface area contributed by atoms with Gasteiger partial charge in [-0.25, -0.2) is 9.59 Å². The van der Waals surface area contributed by atoms with Gasteiger partial charge in [0.15, 0.2) is 0 Å². The molecule has 2 aliphatic rings. The molecule has 2 aliphatic heterocycles. The van der Waals surface area contributed by atoms with Crippen LogP contribution in [0.1, 0.15) is 31.4 Å². The molecule has 1 fully saturated rings. The Morgan fingerprint density at radius 2 is 2.04 bits per heavy atom. The molecule has 2 amide bonds. The zero-order valence-corrected chi connectivity index (χ0v) is 15.0. The van der Waals surface area contributed by atoms with E-state index in [4.69, 9.17) is 16.3 Å². The molecule has 1 saturated heterocycles. The molecular formula is C18H23ClN3O3+. The molecule has 1 aromatic rings. The van der Waals surface area contributed by atoms with Gasteiger partial charge < -0.3 is 20.3 Å². The predicted octanol–water partition coefficient (Wildman–Crippen LogP) is 1.19. The van der Waals surface area contributed by atoms with E-state index in [1.54, 1.807) is 13.0 Å². The number of benzene rings is 1. The largest absolute Gasteiger partial charge is 0.463 e. The molecule has 0 spiro atoms. The van der Waals surface area contributed by atoms with Crippen molar-refractivity contribution in [2.75, 3.05) is 26.2 Å². The summed E-state index contributed by atoms with van der Waals surface area (Å²) in [7, 11) is 0. The molecule has 6 nitrogen and oxygen atoms in total. The van der Waals surface area contributed by atoms with Crippen LogP contribution in [0.3, 0.4) is 0 Å². The quantitative estimate of drug-likeness (QED) is 0.687. The molecule has 0 saturated carbocycles. The van der Waals surface area contributed by atoms with E-state index in [1.165, 1.54) is 4.90 Å². The average Bonchev–Trinajstić information content (AvgIpc) is 3.08. The third-order valence-electron chi connectivity index (χ3n) is 4.60. The summed E-state index contributed by atoms with van der Waals surface area (Å²) in [5.41, 5.74) is 1.76. The van der Waals surface area contributed by atoms with Crippen molar-refractivity contribution < 1.29 is 19.2 Å². The maximum atomic E-state index is 12.7. The highest BCUT2D eigenvalue weighted by Crippen LogP contribution is 2.31.